The van der Waals surface area contributed by atoms with E-state index < -0.39 is 17.9 Å². The van der Waals surface area contributed by atoms with E-state index in [1.807, 2.05) is 0 Å². The standard InChI is InChI=1S/C8H6ClFO3/c9-6-4(7(11)8(12)13)2-1-3-5(6)10/h1-3,7,11H,(H,12,13)/t7-/m1/s1. The Labute approximate surface area is 78.4 Å². The Balaban J connectivity index is 3.15. The lowest BCUT2D eigenvalue weighted by atomic mass is 10.1. The minimum atomic E-state index is -1.79. The lowest BCUT2D eigenvalue weighted by Crippen LogP contribution is -2.11. The molecule has 0 fully saturated rings. The second kappa shape index (κ2) is 3.72. The van der Waals surface area contributed by atoms with Crippen molar-refractivity contribution in [3.63, 3.8) is 0 Å². The fourth-order valence-electron chi connectivity index (χ4n) is 0.865. The normalized spacial score (nSPS) is 12.5. The van der Waals surface area contributed by atoms with Gasteiger partial charge in [0.2, 0.25) is 0 Å². The molecule has 0 amide bonds. The molecule has 0 aromatic heterocycles. The molecular weight excluding hydrogens is 199 g/mol. The molecule has 1 aromatic carbocycles. The number of hydrogen-bond acceptors (Lipinski definition) is 2. The maximum atomic E-state index is 12.8. The predicted octanol–water partition coefficient (Wildman–Crippen LogP) is 1.60. The van der Waals surface area contributed by atoms with Crippen LogP contribution in [-0.2, 0) is 4.79 Å². The smallest absolute Gasteiger partial charge is 0.337 e. The van der Waals surface area contributed by atoms with E-state index in [1.165, 1.54) is 12.1 Å². The highest BCUT2D eigenvalue weighted by Crippen LogP contribution is 2.25. The molecule has 0 heterocycles. The Hall–Kier alpha value is -1.13. The summed E-state index contributed by atoms with van der Waals surface area (Å²) in [5.41, 5.74) is -0.144. The molecule has 0 spiro atoms. The van der Waals surface area contributed by atoms with Crippen LogP contribution in [0.5, 0.6) is 0 Å². The van der Waals surface area contributed by atoms with E-state index in [-0.39, 0.29) is 10.6 Å². The SMILES string of the molecule is O=C(O)[C@H](O)c1cccc(F)c1Cl. The number of aliphatic hydroxyl groups is 1. The Morgan fingerprint density at radius 1 is 1.54 bits per heavy atom. The number of aliphatic hydroxyl groups excluding tert-OH is 1. The van der Waals surface area contributed by atoms with Crippen LogP contribution < -0.4 is 0 Å². The van der Waals surface area contributed by atoms with Crippen LogP contribution in [0.15, 0.2) is 18.2 Å². The first-order chi connectivity index (χ1) is 6.04. The Morgan fingerprint density at radius 2 is 2.15 bits per heavy atom. The van der Waals surface area contributed by atoms with Gasteiger partial charge in [0, 0.05) is 5.56 Å². The first kappa shape index (κ1) is 9.95. The lowest BCUT2D eigenvalue weighted by molar-refractivity contribution is -0.146. The molecule has 70 valence electrons. The topological polar surface area (TPSA) is 57.5 Å². The van der Waals surface area contributed by atoms with Gasteiger partial charge in [0.1, 0.15) is 5.82 Å². The Morgan fingerprint density at radius 3 is 2.69 bits per heavy atom. The maximum absolute atomic E-state index is 12.8. The molecule has 0 radical (unpaired) electrons. The van der Waals surface area contributed by atoms with Crippen molar-refractivity contribution in [1.82, 2.24) is 0 Å². The summed E-state index contributed by atoms with van der Waals surface area (Å²) in [5.74, 6) is -2.22. The molecular formula is C8H6ClFO3. The fraction of sp³-hybridized carbons (Fsp3) is 0.125. The third-order valence-electron chi connectivity index (χ3n) is 1.51. The third kappa shape index (κ3) is 1.96. The third-order valence-corrected chi connectivity index (χ3v) is 1.91. The van der Waals surface area contributed by atoms with Gasteiger partial charge in [-0.2, -0.15) is 0 Å². The number of halogens is 2. The molecule has 1 rings (SSSR count). The number of carbonyl (C=O) groups is 1. The zero-order valence-electron chi connectivity index (χ0n) is 6.37. The molecule has 1 aromatic rings. The van der Waals surface area contributed by atoms with Gasteiger partial charge < -0.3 is 10.2 Å². The minimum Gasteiger partial charge on any atom is -0.479 e. The molecule has 0 saturated heterocycles. The Kier molecular flexibility index (Phi) is 2.85. The molecule has 0 bridgehead atoms. The van der Waals surface area contributed by atoms with Crippen LogP contribution in [0, 0.1) is 5.82 Å². The van der Waals surface area contributed by atoms with Crippen LogP contribution in [-0.4, -0.2) is 16.2 Å². The van der Waals surface area contributed by atoms with Crippen LogP contribution in [0.4, 0.5) is 4.39 Å². The van der Waals surface area contributed by atoms with Gasteiger partial charge in [0.15, 0.2) is 6.10 Å². The van der Waals surface area contributed by atoms with E-state index in [2.05, 4.69) is 0 Å². The van der Waals surface area contributed by atoms with Crippen LogP contribution >= 0.6 is 11.6 Å². The van der Waals surface area contributed by atoms with Gasteiger partial charge in [-0.25, -0.2) is 9.18 Å². The fourth-order valence-corrected chi connectivity index (χ4v) is 1.09. The second-order valence-corrected chi connectivity index (χ2v) is 2.76. The van der Waals surface area contributed by atoms with E-state index in [9.17, 15) is 9.18 Å². The predicted molar refractivity (Wildman–Crippen MR) is 44.0 cm³/mol. The maximum Gasteiger partial charge on any atom is 0.337 e. The van der Waals surface area contributed by atoms with E-state index in [0.29, 0.717) is 0 Å². The van der Waals surface area contributed by atoms with Gasteiger partial charge in [-0.3, -0.25) is 0 Å². The van der Waals surface area contributed by atoms with Crippen LogP contribution in [0.1, 0.15) is 11.7 Å². The summed E-state index contributed by atoms with van der Waals surface area (Å²) in [7, 11) is 0. The van der Waals surface area contributed by atoms with Gasteiger partial charge in [-0.05, 0) is 6.07 Å². The van der Waals surface area contributed by atoms with Crippen molar-refractivity contribution in [2.45, 2.75) is 6.10 Å². The van der Waals surface area contributed by atoms with Crippen molar-refractivity contribution in [2.75, 3.05) is 0 Å². The summed E-state index contributed by atoms with van der Waals surface area (Å²) in [6.45, 7) is 0. The quantitative estimate of drug-likeness (QED) is 0.769. The summed E-state index contributed by atoms with van der Waals surface area (Å²) in [6.07, 6.45) is -1.79. The molecule has 5 heteroatoms. The molecule has 0 unspecified atom stereocenters. The summed E-state index contributed by atoms with van der Waals surface area (Å²) in [6, 6.07) is 3.62. The van der Waals surface area contributed by atoms with Crippen molar-refractivity contribution in [3.05, 3.63) is 34.6 Å². The van der Waals surface area contributed by atoms with Crippen LogP contribution in [0.3, 0.4) is 0 Å². The Bertz CT molecular complexity index is 340. The van der Waals surface area contributed by atoms with E-state index in [1.54, 1.807) is 0 Å². The molecule has 0 aliphatic rings. The largest absolute Gasteiger partial charge is 0.479 e. The molecule has 2 N–H and O–H groups in total. The number of aliphatic carboxylic acids is 1. The molecule has 0 aliphatic heterocycles. The molecule has 0 aliphatic carbocycles. The highest BCUT2D eigenvalue weighted by molar-refractivity contribution is 6.31. The van der Waals surface area contributed by atoms with Crippen molar-refractivity contribution in [2.24, 2.45) is 0 Å². The van der Waals surface area contributed by atoms with Crippen molar-refractivity contribution < 1.29 is 19.4 Å². The van der Waals surface area contributed by atoms with E-state index >= 15 is 0 Å². The molecule has 13 heavy (non-hydrogen) atoms. The first-order valence-corrected chi connectivity index (χ1v) is 3.76. The first-order valence-electron chi connectivity index (χ1n) is 3.39. The van der Waals surface area contributed by atoms with Gasteiger partial charge in [0.25, 0.3) is 0 Å². The molecule has 1 atom stereocenters. The summed E-state index contributed by atoms with van der Waals surface area (Å²) < 4.78 is 12.8. The second-order valence-electron chi connectivity index (χ2n) is 2.38. The molecule has 3 nitrogen and oxygen atoms in total. The van der Waals surface area contributed by atoms with Crippen molar-refractivity contribution in [1.29, 1.82) is 0 Å². The number of carboxylic acid groups (broad SMARTS) is 1. The number of carboxylic acids is 1. The lowest BCUT2D eigenvalue weighted by Gasteiger charge is -2.07. The van der Waals surface area contributed by atoms with E-state index in [0.717, 1.165) is 6.07 Å². The summed E-state index contributed by atoms with van der Waals surface area (Å²) in [4.78, 5) is 10.3. The number of benzene rings is 1. The van der Waals surface area contributed by atoms with Crippen molar-refractivity contribution >= 4 is 17.6 Å². The van der Waals surface area contributed by atoms with Crippen LogP contribution in [0.25, 0.3) is 0 Å². The van der Waals surface area contributed by atoms with Gasteiger partial charge in [0.05, 0.1) is 5.02 Å². The van der Waals surface area contributed by atoms with Gasteiger partial charge in [-0.15, -0.1) is 0 Å². The zero-order valence-corrected chi connectivity index (χ0v) is 7.12. The zero-order chi connectivity index (χ0) is 10.0. The highest BCUT2D eigenvalue weighted by Gasteiger charge is 2.20. The van der Waals surface area contributed by atoms with Crippen LogP contribution in [0.2, 0.25) is 5.02 Å². The summed E-state index contributed by atoms with van der Waals surface area (Å²) >= 11 is 5.43. The average Bonchev–Trinajstić information content (AvgIpc) is 2.08. The monoisotopic (exact) mass is 204 g/mol. The van der Waals surface area contributed by atoms with E-state index in [4.69, 9.17) is 21.8 Å². The van der Waals surface area contributed by atoms with Gasteiger partial charge in [-0.1, -0.05) is 23.7 Å². The van der Waals surface area contributed by atoms with Gasteiger partial charge >= 0.3 is 5.97 Å². The van der Waals surface area contributed by atoms with Crippen molar-refractivity contribution in [3.8, 4) is 0 Å². The highest BCUT2D eigenvalue weighted by atomic mass is 35.5. The minimum absolute atomic E-state index is 0.144. The number of hydrogen-bond donors (Lipinski definition) is 2. The summed E-state index contributed by atoms with van der Waals surface area (Å²) in [5, 5.41) is 17.1. The number of rotatable bonds is 2. The molecule has 0 saturated carbocycles. The average molecular weight is 205 g/mol.